The SMILES string of the molecule is CC(O)CCCC(C)CCCC(C)CC1(C)C2CC21. The quantitative estimate of drug-likeness (QED) is 0.588. The molecule has 2 aliphatic carbocycles. The van der Waals surface area contributed by atoms with Crippen molar-refractivity contribution >= 4 is 0 Å². The molecule has 2 fully saturated rings. The minimum absolute atomic E-state index is 0.113. The van der Waals surface area contributed by atoms with Crippen LogP contribution in [-0.2, 0) is 0 Å². The first-order chi connectivity index (χ1) is 8.93. The average Bonchev–Trinajstić information content (AvgIpc) is 3.18. The second-order valence-electron chi connectivity index (χ2n) is 8.08. The first-order valence-electron chi connectivity index (χ1n) is 8.61. The summed E-state index contributed by atoms with van der Waals surface area (Å²) in [6.45, 7) is 9.25. The summed E-state index contributed by atoms with van der Waals surface area (Å²) in [5.74, 6) is 4.04. The monoisotopic (exact) mass is 266 g/mol. The minimum atomic E-state index is -0.113. The van der Waals surface area contributed by atoms with Gasteiger partial charge in [-0.15, -0.1) is 0 Å². The van der Waals surface area contributed by atoms with E-state index in [1.54, 1.807) is 6.42 Å². The van der Waals surface area contributed by atoms with Gasteiger partial charge in [0, 0.05) is 0 Å². The summed E-state index contributed by atoms with van der Waals surface area (Å²) in [7, 11) is 0. The van der Waals surface area contributed by atoms with E-state index in [1.807, 2.05) is 6.92 Å². The van der Waals surface area contributed by atoms with Gasteiger partial charge in [-0.1, -0.05) is 52.9 Å². The minimum Gasteiger partial charge on any atom is -0.393 e. The molecular weight excluding hydrogens is 232 g/mol. The van der Waals surface area contributed by atoms with Gasteiger partial charge in [-0.05, 0) is 55.3 Å². The van der Waals surface area contributed by atoms with Crippen molar-refractivity contribution in [2.24, 2.45) is 29.1 Å². The maximum Gasteiger partial charge on any atom is 0.0512 e. The Kier molecular flexibility index (Phi) is 4.98. The van der Waals surface area contributed by atoms with Crippen LogP contribution in [0.4, 0.5) is 0 Å². The fraction of sp³-hybridized carbons (Fsp3) is 1.00. The molecule has 112 valence electrons. The van der Waals surface area contributed by atoms with Gasteiger partial charge in [-0.2, -0.15) is 0 Å². The molecule has 2 rings (SSSR count). The Morgan fingerprint density at radius 3 is 1.95 bits per heavy atom. The van der Waals surface area contributed by atoms with Gasteiger partial charge in [0.1, 0.15) is 0 Å². The van der Waals surface area contributed by atoms with Crippen LogP contribution >= 0.6 is 0 Å². The molecule has 5 unspecified atom stereocenters. The normalized spacial score (nSPS) is 36.5. The van der Waals surface area contributed by atoms with Crippen LogP contribution < -0.4 is 0 Å². The van der Waals surface area contributed by atoms with Crippen molar-refractivity contribution in [3.05, 3.63) is 0 Å². The first-order valence-corrected chi connectivity index (χ1v) is 8.61. The lowest BCUT2D eigenvalue weighted by molar-refractivity contribution is 0.178. The van der Waals surface area contributed by atoms with E-state index in [1.165, 1.54) is 38.5 Å². The predicted octanol–water partition coefficient (Wildman–Crippen LogP) is 5.03. The largest absolute Gasteiger partial charge is 0.393 e. The van der Waals surface area contributed by atoms with E-state index in [9.17, 15) is 5.11 Å². The Labute approximate surface area is 120 Å². The van der Waals surface area contributed by atoms with E-state index in [-0.39, 0.29) is 6.10 Å². The summed E-state index contributed by atoms with van der Waals surface area (Å²) in [4.78, 5) is 0. The lowest BCUT2D eigenvalue weighted by Crippen LogP contribution is -2.11. The Bertz CT molecular complexity index is 275. The molecule has 0 aromatic carbocycles. The van der Waals surface area contributed by atoms with E-state index >= 15 is 0 Å². The third-order valence-electron chi connectivity index (χ3n) is 5.88. The smallest absolute Gasteiger partial charge is 0.0512 e. The summed E-state index contributed by atoms with van der Waals surface area (Å²) in [6.07, 6.45) is 10.6. The van der Waals surface area contributed by atoms with Gasteiger partial charge in [-0.25, -0.2) is 0 Å². The second kappa shape index (κ2) is 6.16. The van der Waals surface area contributed by atoms with Crippen molar-refractivity contribution in [2.75, 3.05) is 0 Å². The first kappa shape index (κ1) is 15.4. The number of hydrogen-bond acceptors (Lipinski definition) is 1. The third kappa shape index (κ3) is 4.21. The molecule has 2 aliphatic rings. The van der Waals surface area contributed by atoms with Gasteiger partial charge in [-0.3, -0.25) is 0 Å². The van der Waals surface area contributed by atoms with Gasteiger partial charge in [0.05, 0.1) is 6.10 Å². The lowest BCUT2D eigenvalue weighted by atomic mass is 9.84. The van der Waals surface area contributed by atoms with E-state index in [4.69, 9.17) is 0 Å². The molecule has 19 heavy (non-hydrogen) atoms. The summed E-state index contributed by atoms with van der Waals surface area (Å²) in [5.41, 5.74) is 0.780. The highest BCUT2D eigenvalue weighted by Crippen LogP contribution is 2.79. The van der Waals surface area contributed by atoms with Gasteiger partial charge in [0.2, 0.25) is 0 Å². The highest BCUT2D eigenvalue weighted by molar-refractivity contribution is 5.21. The standard InChI is InChI=1S/C18H34O/c1-13(8-6-10-15(3)19)7-5-9-14(2)12-18(4)16-11-17(16)18/h13-17,19H,5-12H2,1-4H3. The molecular formula is C18H34O. The van der Waals surface area contributed by atoms with E-state index in [2.05, 4.69) is 20.8 Å². The number of rotatable bonds is 10. The number of hydrogen-bond donors (Lipinski definition) is 1. The molecule has 1 N–H and O–H groups in total. The molecule has 1 heteroatoms. The van der Waals surface area contributed by atoms with E-state index in [0.29, 0.717) is 0 Å². The van der Waals surface area contributed by atoms with Crippen LogP contribution in [0.25, 0.3) is 0 Å². The van der Waals surface area contributed by atoms with Crippen molar-refractivity contribution in [2.45, 2.75) is 85.2 Å². The fourth-order valence-corrected chi connectivity index (χ4v) is 4.21. The summed E-state index contributed by atoms with van der Waals surface area (Å²) in [6, 6.07) is 0. The van der Waals surface area contributed by atoms with Crippen molar-refractivity contribution in [3.63, 3.8) is 0 Å². The zero-order valence-corrected chi connectivity index (χ0v) is 13.5. The zero-order valence-electron chi connectivity index (χ0n) is 13.5. The summed E-state index contributed by atoms with van der Waals surface area (Å²) >= 11 is 0. The molecule has 0 spiro atoms. The number of fused-ring (bicyclic) bond motifs is 1. The van der Waals surface area contributed by atoms with Crippen LogP contribution in [0.5, 0.6) is 0 Å². The maximum atomic E-state index is 9.25. The van der Waals surface area contributed by atoms with Gasteiger partial charge in [0.15, 0.2) is 0 Å². The van der Waals surface area contributed by atoms with Gasteiger partial charge < -0.3 is 5.11 Å². The molecule has 1 nitrogen and oxygen atoms in total. The maximum absolute atomic E-state index is 9.25. The number of aliphatic hydroxyl groups excluding tert-OH is 1. The molecule has 5 atom stereocenters. The average molecular weight is 266 g/mol. The third-order valence-corrected chi connectivity index (χ3v) is 5.88. The van der Waals surface area contributed by atoms with Crippen LogP contribution in [0, 0.1) is 29.1 Å². The van der Waals surface area contributed by atoms with Crippen LogP contribution in [0.3, 0.4) is 0 Å². The molecule has 0 aliphatic heterocycles. The van der Waals surface area contributed by atoms with Crippen LogP contribution in [-0.4, -0.2) is 11.2 Å². The highest BCUT2D eigenvalue weighted by Gasteiger charge is 2.72. The molecule has 0 radical (unpaired) electrons. The number of aliphatic hydroxyl groups is 1. The Hall–Kier alpha value is -0.0400. The molecule has 0 heterocycles. The Balaban J connectivity index is 1.46. The van der Waals surface area contributed by atoms with Gasteiger partial charge >= 0.3 is 0 Å². The van der Waals surface area contributed by atoms with Crippen molar-refractivity contribution in [1.82, 2.24) is 0 Å². The van der Waals surface area contributed by atoms with Crippen LogP contribution in [0.2, 0.25) is 0 Å². The van der Waals surface area contributed by atoms with Crippen molar-refractivity contribution < 1.29 is 5.11 Å². The van der Waals surface area contributed by atoms with Crippen molar-refractivity contribution in [3.8, 4) is 0 Å². The predicted molar refractivity (Wildman–Crippen MR) is 82.0 cm³/mol. The molecule has 0 aromatic rings. The zero-order chi connectivity index (χ0) is 14.0. The Morgan fingerprint density at radius 1 is 0.947 bits per heavy atom. The molecule has 0 aromatic heterocycles. The van der Waals surface area contributed by atoms with Crippen LogP contribution in [0.1, 0.15) is 79.1 Å². The van der Waals surface area contributed by atoms with Crippen molar-refractivity contribution in [1.29, 1.82) is 0 Å². The van der Waals surface area contributed by atoms with Gasteiger partial charge in [0.25, 0.3) is 0 Å². The molecule has 2 saturated carbocycles. The van der Waals surface area contributed by atoms with E-state index in [0.717, 1.165) is 35.5 Å². The lowest BCUT2D eigenvalue weighted by Gasteiger charge is -2.22. The summed E-state index contributed by atoms with van der Waals surface area (Å²) < 4.78 is 0. The topological polar surface area (TPSA) is 20.2 Å². The van der Waals surface area contributed by atoms with E-state index < -0.39 is 0 Å². The summed E-state index contributed by atoms with van der Waals surface area (Å²) in [5, 5.41) is 9.25. The Morgan fingerprint density at radius 2 is 1.47 bits per heavy atom. The fourth-order valence-electron chi connectivity index (χ4n) is 4.21. The molecule has 0 amide bonds. The second-order valence-corrected chi connectivity index (χ2v) is 8.08. The van der Waals surface area contributed by atoms with Crippen LogP contribution in [0.15, 0.2) is 0 Å². The highest BCUT2D eigenvalue weighted by atomic mass is 16.3. The molecule has 0 saturated heterocycles. The molecule has 0 bridgehead atoms.